The highest BCUT2D eigenvalue weighted by Crippen LogP contribution is 2.19. The van der Waals surface area contributed by atoms with Crippen molar-refractivity contribution in [3.05, 3.63) is 59.7 Å². The van der Waals surface area contributed by atoms with Crippen LogP contribution in [0.1, 0.15) is 15.9 Å². The SMILES string of the molecule is Cc1cccc(N)c1C(=O)OCCSc1ccccc1. The highest BCUT2D eigenvalue weighted by Gasteiger charge is 2.13. The van der Waals surface area contributed by atoms with Gasteiger partial charge < -0.3 is 10.5 Å². The first-order valence-corrected chi connectivity index (χ1v) is 7.37. The van der Waals surface area contributed by atoms with E-state index in [1.165, 1.54) is 4.90 Å². The van der Waals surface area contributed by atoms with E-state index in [0.29, 0.717) is 17.9 Å². The van der Waals surface area contributed by atoms with E-state index in [2.05, 4.69) is 0 Å². The van der Waals surface area contributed by atoms with Crippen molar-refractivity contribution in [2.45, 2.75) is 11.8 Å². The Bertz CT molecular complexity index is 564. The lowest BCUT2D eigenvalue weighted by Gasteiger charge is -2.09. The molecule has 0 heterocycles. The molecule has 0 aliphatic carbocycles. The van der Waals surface area contributed by atoms with Gasteiger partial charge in [-0.25, -0.2) is 4.79 Å². The molecule has 0 fully saturated rings. The zero-order valence-corrected chi connectivity index (χ0v) is 12.2. The lowest BCUT2D eigenvalue weighted by molar-refractivity contribution is 0.0531. The highest BCUT2D eigenvalue weighted by atomic mass is 32.2. The average molecular weight is 287 g/mol. The van der Waals surface area contributed by atoms with E-state index in [4.69, 9.17) is 10.5 Å². The molecule has 0 amide bonds. The van der Waals surface area contributed by atoms with Gasteiger partial charge in [0.2, 0.25) is 0 Å². The van der Waals surface area contributed by atoms with Crippen molar-refractivity contribution in [3.8, 4) is 0 Å². The number of esters is 1. The number of carbonyl (C=O) groups excluding carboxylic acids is 1. The molecule has 4 heteroatoms. The van der Waals surface area contributed by atoms with Gasteiger partial charge >= 0.3 is 5.97 Å². The molecule has 0 saturated carbocycles. The second-order valence-corrected chi connectivity index (χ2v) is 5.50. The predicted molar refractivity (Wildman–Crippen MR) is 83.0 cm³/mol. The molecule has 0 aliphatic rings. The molecule has 20 heavy (non-hydrogen) atoms. The highest BCUT2D eigenvalue weighted by molar-refractivity contribution is 7.99. The number of thioether (sulfide) groups is 1. The second kappa shape index (κ2) is 7.01. The van der Waals surface area contributed by atoms with Crippen LogP contribution < -0.4 is 5.73 Å². The van der Waals surface area contributed by atoms with Crippen molar-refractivity contribution in [3.63, 3.8) is 0 Å². The lowest BCUT2D eigenvalue weighted by atomic mass is 10.1. The normalized spacial score (nSPS) is 10.2. The Kier molecular flexibility index (Phi) is 5.07. The van der Waals surface area contributed by atoms with Crippen LogP contribution >= 0.6 is 11.8 Å². The maximum absolute atomic E-state index is 12.0. The smallest absolute Gasteiger partial charge is 0.340 e. The molecule has 0 bridgehead atoms. The number of benzene rings is 2. The van der Waals surface area contributed by atoms with Gasteiger partial charge in [0, 0.05) is 16.3 Å². The number of rotatable bonds is 5. The number of anilines is 1. The molecule has 3 nitrogen and oxygen atoms in total. The van der Waals surface area contributed by atoms with Gasteiger partial charge in [0.15, 0.2) is 0 Å². The number of nitrogen functional groups attached to an aromatic ring is 1. The van der Waals surface area contributed by atoms with Crippen LogP contribution in [-0.2, 0) is 4.74 Å². The van der Waals surface area contributed by atoms with Crippen molar-refractivity contribution in [2.24, 2.45) is 0 Å². The van der Waals surface area contributed by atoms with Crippen molar-refractivity contribution >= 4 is 23.4 Å². The zero-order valence-electron chi connectivity index (χ0n) is 11.3. The van der Waals surface area contributed by atoms with Gasteiger partial charge in [-0.1, -0.05) is 30.3 Å². The van der Waals surface area contributed by atoms with E-state index >= 15 is 0 Å². The number of nitrogens with two attached hydrogens (primary N) is 1. The third-order valence-electron chi connectivity index (χ3n) is 2.84. The summed E-state index contributed by atoms with van der Waals surface area (Å²) < 4.78 is 5.27. The molecule has 0 aromatic heterocycles. The molecular formula is C16H17NO2S. The van der Waals surface area contributed by atoms with Crippen LogP contribution in [0.4, 0.5) is 5.69 Å². The third-order valence-corrected chi connectivity index (χ3v) is 3.81. The monoisotopic (exact) mass is 287 g/mol. The summed E-state index contributed by atoms with van der Waals surface area (Å²) in [6.07, 6.45) is 0. The topological polar surface area (TPSA) is 52.3 Å². The van der Waals surface area contributed by atoms with Gasteiger partial charge in [0.05, 0.1) is 5.56 Å². The molecule has 2 N–H and O–H groups in total. The molecule has 0 saturated heterocycles. The zero-order chi connectivity index (χ0) is 14.4. The van der Waals surface area contributed by atoms with E-state index in [1.807, 2.05) is 49.4 Å². The fourth-order valence-electron chi connectivity index (χ4n) is 1.85. The van der Waals surface area contributed by atoms with Crippen molar-refractivity contribution in [2.75, 3.05) is 18.1 Å². The predicted octanol–water partition coefficient (Wildman–Crippen LogP) is 3.53. The van der Waals surface area contributed by atoms with Crippen LogP contribution in [0, 0.1) is 6.92 Å². The summed E-state index contributed by atoms with van der Waals surface area (Å²) in [4.78, 5) is 13.2. The summed E-state index contributed by atoms with van der Waals surface area (Å²) in [5.74, 6) is 0.371. The molecular weight excluding hydrogens is 270 g/mol. The number of aryl methyl sites for hydroxylation is 1. The summed E-state index contributed by atoms with van der Waals surface area (Å²) in [7, 11) is 0. The third kappa shape index (κ3) is 3.78. The fraction of sp³-hybridized carbons (Fsp3) is 0.188. The molecule has 0 radical (unpaired) electrons. The van der Waals surface area contributed by atoms with E-state index in [0.717, 1.165) is 11.3 Å². The maximum Gasteiger partial charge on any atom is 0.340 e. The van der Waals surface area contributed by atoms with Crippen LogP contribution in [0.2, 0.25) is 0 Å². The lowest BCUT2D eigenvalue weighted by Crippen LogP contribution is -2.12. The molecule has 104 valence electrons. The molecule has 0 aliphatic heterocycles. The maximum atomic E-state index is 12.0. The summed E-state index contributed by atoms with van der Waals surface area (Å²) in [6, 6.07) is 15.4. The van der Waals surface area contributed by atoms with Gasteiger partial charge in [0.25, 0.3) is 0 Å². The van der Waals surface area contributed by atoms with E-state index < -0.39 is 0 Å². The molecule has 0 unspecified atom stereocenters. The largest absolute Gasteiger partial charge is 0.461 e. The van der Waals surface area contributed by atoms with Crippen LogP contribution in [0.3, 0.4) is 0 Å². The van der Waals surface area contributed by atoms with Crippen molar-refractivity contribution < 1.29 is 9.53 Å². The fourth-order valence-corrected chi connectivity index (χ4v) is 2.60. The van der Waals surface area contributed by atoms with Crippen LogP contribution in [0.25, 0.3) is 0 Å². The standard InChI is InChI=1S/C16H17NO2S/c1-12-6-5-9-14(17)15(12)16(18)19-10-11-20-13-7-3-2-4-8-13/h2-9H,10-11,17H2,1H3. The van der Waals surface area contributed by atoms with Gasteiger partial charge in [-0.2, -0.15) is 0 Å². The van der Waals surface area contributed by atoms with Gasteiger partial charge in [0.1, 0.15) is 6.61 Å². The first-order valence-electron chi connectivity index (χ1n) is 6.38. The molecule has 0 spiro atoms. The average Bonchev–Trinajstić information content (AvgIpc) is 2.44. The number of hydrogen-bond donors (Lipinski definition) is 1. The quantitative estimate of drug-likeness (QED) is 0.395. The Morgan fingerprint density at radius 2 is 1.90 bits per heavy atom. The number of ether oxygens (including phenoxy) is 1. The van der Waals surface area contributed by atoms with E-state index in [-0.39, 0.29) is 5.97 Å². The Hall–Kier alpha value is -1.94. The molecule has 2 aromatic carbocycles. The first kappa shape index (κ1) is 14.5. The summed E-state index contributed by atoms with van der Waals surface area (Å²) in [5, 5.41) is 0. The minimum atomic E-state index is -0.353. The van der Waals surface area contributed by atoms with Crippen LogP contribution in [-0.4, -0.2) is 18.3 Å². The molecule has 2 aromatic rings. The summed E-state index contributed by atoms with van der Waals surface area (Å²) >= 11 is 1.66. The van der Waals surface area contributed by atoms with E-state index in [9.17, 15) is 4.79 Å². The number of carbonyl (C=O) groups is 1. The number of hydrogen-bond acceptors (Lipinski definition) is 4. The van der Waals surface area contributed by atoms with E-state index in [1.54, 1.807) is 17.8 Å². The Morgan fingerprint density at radius 3 is 2.60 bits per heavy atom. The second-order valence-electron chi connectivity index (χ2n) is 4.34. The van der Waals surface area contributed by atoms with Crippen LogP contribution in [0.5, 0.6) is 0 Å². The van der Waals surface area contributed by atoms with Gasteiger partial charge in [-0.3, -0.25) is 0 Å². The summed E-state index contributed by atoms with van der Waals surface area (Å²) in [5.41, 5.74) is 7.58. The Balaban J connectivity index is 1.84. The summed E-state index contributed by atoms with van der Waals surface area (Å²) in [6.45, 7) is 2.22. The van der Waals surface area contributed by atoms with Crippen molar-refractivity contribution in [1.29, 1.82) is 0 Å². The van der Waals surface area contributed by atoms with Crippen molar-refractivity contribution in [1.82, 2.24) is 0 Å². The first-order chi connectivity index (χ1) is 9.68. The minimum absolute atomic E-state index is 0.353. The Morgan fingerprint density at radius 1 is 1.15 bits per heavy atom. The molecule has 0 atom stereocenters. The van der Waals surface area contributed by atoms with Gasteiger partial charge in [-0.05, 0) is 30.7 Å². The van der Waals surface area contributed by atoms with Crippen LogP contribution in [0.15, 0.2) is 53.4 Å². The molecule has 2 rings (SSSR count). The Labute approximate surface area is 123 Å². The minimum Gasteiger partial charge on any atom is -0.461 e. The van der Waals surface area contributed by atoms with Gasteiger partial charge in [-0.15, -0.1) is 11.8 Å².